The molecule has 0 atom stereocenters. The van der Waals surface area contributed by atoms with E-state index in [0.717, 1.165) is 18.2 Å². The average Bonchev–Trinajstić information content (AvgIpc) is 2.39. The van der Waals surface area contributed by atoms with Crippen LogP contribution in [0.15, 0.2) is 47.5 Å². The number of nitro groups is 1. The minimum Gasteiger partial charge on any atom is -0.502 e. The highest BCUT2D eigenvalue weighted by molar-refractivity contribution is 7.92. The Morgan fingerprint density at radius 2 is 2.00 bits per heavy atom. The number of sulfonamides is 1. The summed E-state index contributed by atoms with van der Waals surface area (Å²) in [5, 5.41) is 20.0. The van der Waals surface area contributed by atoms with Crippen LogP contribution in [0.25, 0.3) is 0 Å². The summed E-state index contributed by atoms with van der Waals surface area (Å²) in [6.45, 7) is 0. The van der Waals surface area contributed by atoms with Gasteiger partial charge >= 0.3 is 5.69 Å². The first kappa shape index (κ1) is 13.7. The average molecular weight is 295 g/mol. The lowest BCUT2D eigenvalue weighted by atomic mass is 10.3. The van der Waals surface area contributed by atoms with Crippen molar-refractivity contribution >= 4 is 21.5 Å². The number of aromatic nitrogens is 1. The molecule has 0 aliphatic rings. The maximum Gasteiger partial charge on any atom is 0.312 e. The number of rotatable bonds is 4. The number of nitrogens with one attached hydrogen (secondary N) is 1. The van der Waals surface area contributed by atoms with Crippen molar-refractivity contribution in [2.75, 3.05) is 4.72 Å². The van der Waals surface area contributed by atoms with Crippen LogP contribution in [0.4, 0.5) is 11.5 Å². The zero-order valence-corrected chi connectivity index (χ0v) is 10.7. The number of nitrogens with zero attached hydrogens (tertiary/aromatic N) is 2. The molecule has 2 N–H and O–H groups in total. The molecule has 2 rings (SSSR count). The van der Waals surface area contributed by atoms with E-state index in [0.29, 0.717) is 0 Å². The number of hydrogen-bond acceptors (Lipinski definition) is 6. The van der Waals surface area contributed by atoms with Gasteiger partial charge in [-0.25, -0.2) is 13.4 Å². The Hall–Kier alpha value is -2.68. The standard InChI is InChI=1S/C11H9N3O5S/c15-10-5-4-8(7-9(10)14(16)17)20(18,19)13-11-3-1-2-6-12-11/h1-7,15H,(H,12,13). The summed E-state index contributed by atoms with van der Waals surface area (Å²) in [6.07, 6.45) is 1.40. The second-order valence-corrected chi connectivity index (χ2v) is 5.41. The molecular formula is C11H9N3O5S. The van der Waals surface area contributed by atoms with E-state index in [9.17, 15) is 23.6 Å². The minimum absolute atomic E-state index is 0.0863. The van der Waals surface area contributed by atoms with Crippen molar-refractivity contribution in [2.45, 2.75) is 4.90 Å². The summed E-state index contributed by atoms with van der Waals surface area (Å²) < 4.78 is 26.2. The number of anilines is 1. The zero-order valence-electron chi connectivity index (χ0n) is 9.92. The first-order valence-electron chi connectivity index (χ1n) is 5.31. The fourth-order valence-corrected chi connectivity index (χ4v) is 2.46. The normalized spacial score (nSPS) is 11.0. The predicted octanol–water partition coefficient (Wildman–Crippen LogP) is 1.50. The van der Waals surface area contributed by atoms with Crippen LogP contribution in [0.2, 0.25) is 0 Å². The Labute approximate surface area is 113 Å². The van der Waals surface area contributed by atoms with E-state index in [1.54, 1.807) is 12.1 Å². The molecule has 9 heteroatoms. The molecule has 0 aliphatic carbocycles. The van der Waals surface area contributed by atoms with Crippen LogP contribution >= 0.6 is 0 Å². The number of pyridine rings is 1. The monoisotopic (exact) mass is 295 g/mol. The van der Waals surface area contributed by atoms with Crippen molar-refractivity contribution < 1.29 is 18.4 Å². The van der Waals surface area contributed by atoms with Gasteiger partial charge < -0.3 is 5.11 Å². The highest BCUT2D eigenvalue weighted by atomic mass is 32.2. The van der Waals surface area contributed by atoms with Crippen molar-refractivity contribution in [3.8, 4) is 5.75 Å². The summed E-state index contributed by atoms with van der Waals surface area (Å²) in [7, 11) is -4.01. The lowest BCUT2D eigenvalue weighted by Crippen LogP contribution is -2.14. The second-order valence-electron chi connectivity index (χ2n) is 3.73. The Morgan fingerprint density at radius 3 is 2.60 bits per heavy atom. The maximum atomic E-state index is 12.0. The van der Waals surface area contributed by atoms with Crippen LogP contribution < -0.4 is 4.72 Å². The molecule has 0 saturated heterocycles. The number of nitro benzene ring substituents is 1. The Bertz CT molecular complexity index is 746. The molecule has 104 valence electrons. The van der Waals surface area contributed by atoms with Crippen LogP contribution in [-0.4, -0.2) is 23.4 Å². The van der Waals surface area contributed by atoms with E-state index >= 15 is 0 Å². The van der Waals surface area contributed by atoms with Crippen LogP contribution in [-0.2, 0) is 10.0 Å². The summed E-state index contributed by atoms with van der Waals surface area (Å²) in [6, 6.07) is 7.43. The summed E-state index contributed by atoms with van der Waals surface area (Å²) >= 11 is 0. The van der Waals surface area contributed by atoms with Crippen LogP contribution in [0.1, 0.15) is 0 Å². The highest BCUT2D eigenvalue weighted by Crippen LogP contribution is 2.28. The van der Waals surface area contributed by atoms with E-state index in [-0.39, 0.29) is 10.7 Å². The third kappa shape index (κ3) is 2.83. The molecule has 1 heterocycles. The molecule has 0 saturated carbocycles. The fraction of sp³-hybridized carbons (Fsp3) is 0. The Kier molecular flexibility index (Phi) is 3.53. The van der Waals surface area contributed by atoms with Gasteiger partial charge in [0.15, 0.2) is 5.75 Å². The van der Waals surface area contributed by atoms with Gasteiger partial charge in [0, 0.05) is 12.3 Å². The molecule has 2 aromatic rings. The molecule has 0 amide bonds. The van der Waals surface area contributed by atoms with Crippen molar-refractivity contribution in [2.24, 2.45) is 0 Å². The zero-order chi connectivity index (χ0) is 14.8. The van der Waals surface area contributed by atoms with E-state index in [1.807, 2.05) is 0 Å². The first-order valence-corrected chi connectivity index (χ1v) is 6.80. The highest BCUT2D eigenvalue weighted by Gasteiger charge is 2.21. The lowest BCUT2D eigenvalue weighted by molar-refractivity contribution is -0.386. The molecule has 8 nitrogen and oxygen atoms in total. The van der Waals surface area contributed by atoms with Gasteiger partial charge in [0.2, 0.25) is 0 Å². The molecule has 0 bridgehead atoms. The van der Waals surface area contributed by atoms with Gasteiger partial charge in [-0.15, -0.1) is 0 Å². The predicted molar refractivity (Wildman–Crippen MR) is 69.8 cm³/mol. The third-order valence-electron chi connectivity index (χ3n) is 2.36. The Morgan fingerprint density at radius 1 is 1.25 bits per heavy atom. The SMILES string of the molecule is O=[N+]([O-])c1cc(S(=O)(=O)Nc2ccccn2)ccc1O. The smallest absolute Gasteiger partial charge is 0.312 e. The molecule has 0 spiro atoms. The van der Waals surface area contributed by atoms with Gasteiger partial charge in [-0.3, -0.25) is 14.8 Å². The second kappa shape index (κ2) is 5.13. The molecule has 0 radical (unpaired) electrons. The van der Waals surface area contributed by atoms with Crippen LogP contribution in [0.3, 0.4) is 0 Å². The molecule has 0 aliphatic heterocycles. The summed E-state index contributed by atoms with van der Waals surface area (Å²) in [4.78, 5) is 13.3. The van der Waals surface area contributed by atoms with Crippen molar-refractivity contribution in [3.63, 3.8) is 0 Å². The molecule has 0 unspecified atom stereocenters. The summed E-state index contributed by atoms with van der Waals surface area (Å²) in [5.41, 5.74) is -0.686. The van der Waals surface area contributed by atoms with Crippen molar-refractivity contribution in [1.82, 2.24) is 4.98 Å². The molecule has 0 fully saturated rings. The Balaban J connectivity index is 2.40. The fourth-order valence-electron chi connectivity index (χ4n) is 1.44. The quantitative estimate of drug-likeness (QED) is 0.651. The minimum atomic E-state index is -4.01. The maximum absolute atomic E-state index is 12.0. The summed E-state index contributed by atoms with van der Waals surface area (Å²) in [5.74, 6) is -0.519. The molecule has 20 heavy (non-hydrogen) atoms. The van der Waals surface area contributed by atoms with Gasteiger partial charge in [0.1, 0.15) is 5.82 Å². The topological polar surface area (TPSA) is 122 Å². The number of phenols is 1. The van der Waals surface area contributed by atoms with Crippen LogP contribution in [0.5, 0.6) is 5.75 Å². The molecular weight excluding hydrogens is 286 g/mol. The van der Waals surface area contributed by atoms with Crippen molar-refractivity contribution in [1.29, 1.82) is 0 Å². The van der Waals surface area contributed by atoms with Crippen molar-refractivity contribution in [3.05, 3.63) is 52.7 Å². The van der Waals surface area contributed by atoms with E-state index in [1.165, 1.54) is 12.3 Å². The number of benzene rings is 1. The number of phenolic OH excluding ortho intramolecular Hbond substituents is 1. The van der Waals surface area contributed by atoms with Gasteiger partial charge in [0.05, 0.1) is 9.82 Å². The largest absolute Gasteiger partial charge is 0.502 e. The third-order valence-corrected chi connectivity index (χ3v) is 3.71. The first-order chi connectivity index (χ1) is 9.40. The van der Waals surface area contributed by atoms with E-state index in [2.05, 4.69) is 9.71 Å². The van der Waals surface area contributed by atoms with E-state index < -0.39 is 26.4 Å². The number of hydrogen-bond donors (Lipinski definition) is 2. The van der Waals surface area contributed by atoms with Gasteiger partial charge in [-0.1, -0.05) is 6.07 Å². The van der Waals surface area contributed by atoms with Crippen LogP contribution in [0, 0.1) is 10.1 Å². The van der Waals surface area contributed by atoms with Gasteiger partial charge in [-0.2, -0.15) is 0 Å². The van der Waals surface area contributed by atoms with E-state index in [4.69, 9.17) is 0 Å². The number of aromatic hydroxyl groups is 1. The lowest BCUT2D eigenvalue weighted by Gasteiger charge is -2.07. The van der Waals surface area contributed by atoms with Gasteiger partial charge in [-0.05, 0) is 24.3 Å². The van der Waals surface area contributed by atoms with Gasteiger partial charge in [0.25, 0.3) is 10.0 Å². The molecule has 1 aromatic heterocycles. The molecule has 1 aromatic carbocycles.